The Morgan fingerprint density at radius 1 is 1.30 bits per heavy atom. The molecule has 4 atom stereocenters. The second kappa shape index (κ2) is 4.99. The Labute approximate surface area is 138 Å². The highest BCUT2D eigenvalue weighted by Crippen LogP contribution is 2.57. The van der Waals surface area contributed by atoms with Crippen molar-refractivity contribution in [1.29, 1.82) is 0 Å². The Bertz CT molecular complexity index is 663. The topological polar surface area (TPSA) is 46.5 Å². The second-order valence-corrected chi connectivity index (χ2v) is 8.19. The Balaban J connectivity index is 1.78. The van der Waals surface area contributed by atoms with Gasteiger partial charge in [0.25, 0.3) is 0 Å². The first-order chi connectivity index (χ1) is 10.9. The number of benzene rings is 1. The van der Waals surface area contributed by atoms with E-state index >= 15 is 0 Å². The third-order valence-corrected chi connectivity index (χ3v) is 6.80. The number of esters is 1. The second-order valence-electron chi connectivity index (χ2n) is 8.19. The fourth-order valence-corrected chi connectivity index (χ4v) is 5.49. The molecule has 1 saturated carbocycles. The number of aromatic hydroxyl groups is 1. The van der Waals surface area contributed by atoms with Crippen LogP contribution in [0.15, 0.2) is 12.1 Å². The zero-order chi connectivity index (χ0) is 16.4. The third kappa shape index (κ3) is 1.98. The quantitative estimate of drug-likeness (QED) is 0.799. The van der Waals surface area contributed by atoms with Crippen molar-refractivity contribution < 1.29 is 14.6 Å². The first kappa shape index (κ1) is 15.0. The van der Waals surface area contributed by atoms with Gasteiger partial charge in [-0.3, -0.25) is 4.79 Å². The van der Waals surface area contributed by atoms with Crippen LogP contribution in [0, 0.1) is 17.8 Å². The van der Waals surface area contributed by atoms with E-state index in [1.54, 1.807) is 0 Å². The number of fused-ring (bicyclic) bond motifs is 5. The maximum absolute atomic E-state index is 11.9. The lowest BCUT2D eigenvalue weighted by Crippen LogP contribution is -2.47. The molecule has 4 rings (SSSR count). The number of phenolic OH excluding ortho intramolecular Hbond substituents is 1. The molecule has 0 bridgehead atoms. The summed E-state index contributed by atoms with van der Waals surface area (Å²) in [6.07, 6.45) is 3.90. The number of hydrogen-bond donors (Lipinski definition) is 1. The number of carbonyl (C=O) groups is 1. The predicted octanol–water partition coefficient (Wildman–Crippen LogP) is 3.92. The van der Waals surface area contributed by atoms with Gasteiger partial charge in [0.1, 0.15) is 5.75 Å². The highest BCUT2D eigenvalue weighted by Gasteiger charge is 2.54. The summed E-state index contributed by atoms with van der Waals surface area (Å²) in [6.45, 7) is 7.18. The van der Waals surface area contributed by atoms with E-state index in [0.717, 1.165) is 36.8 Å². The minimum absolute atomic E-state index is 0.0147. The molecular weight excluding hydrogens is 288 g/mol. The number of cyclic esters (lactones) is 1. The standard InChI is InChI=1S/C20H26O3/c1-11(2)12-4-6-16-14(18(12)21)5-7-17-15-10-23-19(22)13(15)8-9-20(16,17)3/h4,6,11,13,15,17,21H,5,7-10H2,1-3H3/t13-,15+,17+,20+/m0/s1. The Morgan fingerprint density at radius 3 is 2.83 bits per heavy atom. The molecule has 1 aliphatic heterocycles. The van der Waals surface area contributed by atoms with Crippen LogP contribution in [0.3, 0.4) is 0 Å². The van der Waals surface area contributed by atoms with Crippen LogP contribution in [0.5, 0.6) is 5.75 Å². The van der Waals surface area contributed by atoms with E-state index in [0.29, 0.717) is 30.1 Å². The van der Waals surface area contributed by atoms with Crippen molar-refractivity contribution in [2.45, 2.75) is 57.8 Å². The lowest BCUT2D eigenvalue weighted by molar-refractivity contribution is -0.141. The van der Waals surface area contributed by atoms with Crippen molar-refractivity contribution in [3.05, 3.63) is 28.8 Å². The van der Waals surface area contributed by atoms with E-state index in [4.69, 9.17) is 4.74 Å². The molecule has 23 heavy (non-hydrogen) atoms. The lowest BCUT2D eigenvalue weighted by Gasteiger charge is -2.50. The highest BCUT2D eigenvalue weighted by atomic mass is 16.5. The highest BCUT2D eigenvalue weighted by molar-refractivity contribution is 5.75. The van der Waals surface area contributed by atoms with E-state index in [-0.39, 0.29) is 17.3 Å². The number of hydrogen-bond acceptors (Lipinski definition) is 3. The molecule has 1 saturated heterocycles. The summed E-state index contributed by atoms with van der Waals surface area (Å²) in [6, 6.07) is 4.35. The van der Waals surface area contributed by atoms with Crippen molar-refractivity contribution in [3.63, 3.8) is 0 Å². The molecule has 0 aromatic heterocycles. The average Bonchev–Trinajstić information content (AvgIpc) is 2.88. The van der Waals surface area contributed by atoms with Gasteiger partial charge in [0.2, 0.25) is 0 Å². The molecule has 0 amide bonds. The summed E-state index contributed by atoms with van der Waals surface area (Å²) in [4.78, 5) is 11.9. The summed E-state index contributed by atoms with van der Waals surface area (Å²) in [7, 11) is 0. The molecule has 2 aliphatic carbocycles. The normalized spacial score (nSPS) is 35.5. The SMILES string of the molecule is CC(C)c1ccc2c(c1O)CC[C@@H]1[C@@H]3COC(=O)[C@H]3CC[C@]21C. The summed E-state index contributed by atoms with van der Waals surface area (Å²) in [5, 5.41) is 10.8. The molecule has 0 spiro atoms. The van der Waals surface area contributed by atoms with Crippen LogP contribution >= 0.6 is 0 Å². The number of ether oxygens (including phenoxy) is 1. The molecule has 1 aromatic rings. The monoisotopic (exact) mass is 314 g/mol. The van der Waals surface area contributed by atoms with E-state index in [2.05, 4.69) is 32.9 Å². The van der Waals surface area contributed by atoms with Gasteiger partial charge in [-0.15, -0.1) is 0 Å². The lowest BCUT2D eigenvalue weighted by atomic mass is 9.53. The van der Waals surface area contributed by atoms with Crippen molar-refractivity contribution >= 4 is 5.97 Å². The first-order valence-electron chi connectivity index (χ1n) is 8.95. The van der Waals surface area contributed by atoms with Crippen LogP contribution in [0.1, 0.15) is 62.6 Å². The van der Waals surface area contributed by atoms with Crippen LogP contribution in [-0.4, -0.2) is 17.7 Å². The minimum Gasteiger partial charge on any atom is -0.507 e. The Hall–Kier alpha value is -1.51. The molecular formula is C20H26O3. The van der Waals surface area contributed by atoms with Gasteiger partial charge in [-0.2, -0.15) is 0 Å². The molecule has 1 heterocycles. The smallest absolute Gasteiger partial charge is 0.309 e. The Morgan fingerprint density at radius 2 is 2.09 bits per heavy atom. The average molecular weight is 314 g/mol. The fraction of sp³-hybridized carbons (Fsp3) is 0.650. The number of rotatable bonds is 1. The van der Waals surface area contributed by atoms with Gasteiger partial charge in [-0.25, -0.2) is 0 Å². The van der Waals surface area contributed by atoms with Gasteiger partial charge in [-0.1, -0.05) is 32.9 Å². The molecule has 1 N–H and O–H groups in total. The predicted molar refractivity (Wildman–Crippen MR) is 88.5 cm³/mol. The number of carbonyl (C=O) groups excluding carboxylic acids is 1. The molecule has 3 aliphatic rings. The van der Waals surface area contributed by atoms with Gasteiger partial charge in [0.15, 0.2) is 0 Å². The Kier molecular flexibility index (Phi) is 3.26. The minimum atomic E-state index is 0.0147. The van der Waals surface area contributed by atoms with Gasteiger partial charge >= 0.3 is 5.97 Å². The van der Waals surface area contributed by atoms with E-state index in [9.17, 15) is 9.90 Å². The van der Waals surface area contributed by atoms with Crippen LogP contribution in [0.2, 0.25) is 0 Å². The van der Waals surface area contributed by atoms with Gasteiger partial charge < -0.3 is 9.84 Å². The molecule has 1 aromatic carbocycles. The van der Waals surface area contributed by atoms with Gasteiger partial charge in [-0.05, 0) is 59.6 Å². The fourth-order valence-electron chi connectivity index (χ4n) is 5.49. The molecule has 0 radical (unpaired) electrons. The third-order valence-electron chi connectivity index (χ3n) is 6.80. The van der Waals surface area contributed by atoms with Crippen LogP contribution in [0.25, 0.3) is 0 Å². The van der Waals surface area contributed by atoms with Gasteiger partial charge in [0, 0.05) is 5.92 Å². The van der Waals surface area contributed by atoms with Crippen LogP contribution in [0.4, 0.5) is 0 Å². The van der Waals surface area contributed by atoms with Crippen LogP contribution in [-0.2, 0) is 21.4 Å². The van der Waals surface area contributed by atoms with E-state index in [1.165, 1.54) is 5.56 Å². The van der Waals surface area contributed by atoms with Crippen molar-refractivity contribution in [2.24, 2.45) is 17.8 Å². The van der Waals surface area contributed by atoms with Gasteiger partial charge in [0.05, 0.1) is 12.5 Å². The first-order valence-corrected chi connectivity index (χ1v) is 8.95. The zero-order valence-electron chi connectivity index (χ0n) is 14.3. The van der Waals surface area contributed by atoms with Crippen LogP contribution < -0.4 is 0 Å². The molecule has 3 nitrogen and oxygen atoms in total. The number of phenols is 1. The summed E-state index contributed by atoms with van der Waals surface area (Å²) in [5.41, 5.74) is 3.58. The maximum Gasteiger partial charge on any atom is 0.309 e. The summed E-state index contributed by atoms with van der Waals surface area (Å²) < 4.78 is 5.37. The maximum atomic E-state index is 11.9. The summed E-state index contributed by atoms with van der Waals surface area (Å²) >= 11 is 0. The van der Waals surface area contributed by atoms with Crippen molar-refractivity contribution in [2.75, 3.05) is 6.61 Å². The molecule has 124 valence electrons. The molecule has 0 unspecified atom stereocenters. The molecule has 2 fully saturated rings. The van der Waals surface area contributed by atoms with E-state index in [1.807, 2.05) is 0 Å². The van der Waals surface area contributed by atoms with E-state index < -0.39 is 0 Å². The largest absolute Gasteiger partial charge is 0.507 e. The summed E-state index contributed by atoms with van der Waals surface area (Å²) in [5.74, 6) is 1.82. The molecule has 3 heteroatoms. The zero-order valence-corrected chi connectivity index (χ0v) is 14.3. The van der Waals surface area contributed by atoms with Crippen molar-refractivity contribution in [1.82, 2.24) is 0 Å². The van der Waals surface area contributed by atoms with Crippen molar-refractivity contribution in [3.8, 4) is 5.75 Å².